The number of nitrogens with one attached hydrogen (secondary N) is 1. The van der Waals surface area contributed by atoms with E-state index in [9.17, 15) is 0 Å². The van der Waals surface area contributed by atoms with Gasteiger partial charge >= 0.3 is 0 Å². The topological polar surface area (TPSA) is 12.0 Å². The first-order valence-electron chi connectivity index (χ1n) is 5.98. The zero-order chi connectivity index (χ0) is 13.1. The number of hydrogen-bond acceptors (Lipinski definition) is 2. The van der Waals surface area contributed by atoms with Gasteiger partial charge in [-0.3, -0.25) is 0 Å². The minimum Gasteiger partial charge on any atom is -0.308 e. The SMILES string of the molecule is CC(C)Sc1cc(Br)ccc1CNC(C)(C)C. The molecule has 3 heteroatoms. The Morgan fingerprint density at radius 2 is 1.94 bits per heavy atom. The number of halogens is 1. The highest BCUT2D eigenvalue weighted by Gasteiger charge is 2.11. The van der Waals surface area contributed by atoms with Gasteiger partial charge in [0, 0.05) is 26.7 Å². The Bertz CT molecular complexity index is 369. The minimum atomic E-state index is 0.160. The lowest BCUT2D eigenvalue weighted by Crippen LogP contribution is -2.35. The van der Waals surface area contributed by atoms with Crippen molar-refractivity contribution < 1.29 is 0 Å². The summed E-state index contributed by atoms with van der Waals surface area (Å²) in [5, 5.41) is 4.15. The van der Waals surface area contributed by atoms with Crippen molar-refractivity contribution in [2.45, 2.75) is 56.8 Å². The Hall–Kier alpha value is 0.01000. The minimum absolute atomic E-state index is 0.160. The van der Waals surface area contributed by atoms with E-state index in [0.717, 1.165) is 11.0 Å². The Labute approximate surface area is 118 Å². The van der Waals surface area contributed by atoms with Gasteiger partial charge in [-0.15, -0.1) is 11.8 Å². The average Bonchev–Trinajstić information content (AvgIpc) is 2.14. The second kappa shape index (κ2) is 6.26. The van der Waals surface area contributed by atoms with Crippen molar-refractivity contribution in [2.24, 2.45) is 0 Å². The third-order valence-corrected chi connectivity index (χ3v) is 3.80. The molecule has 0 heterocycles. The molecule has 0 aliphatic heterocycles. The molecule has 1 nitrogen and oxygen atoms in total. The molecule has 1 aromatic carbocycles. The van der Waals surface area contributed by atoms with Gasteiger partial charge < -0.3 is 5.32 Å². The van der Waals surface area contributed by atoms with Crippen LogP contribution in [0.15, 0.2) is 27.6 Å². The van der Waals surface area contributed by atoms with Crippen LogP contribution in [0.3, 0.4) is 0 Å². The van der Waals surface area contributed by atoms with E-state index in [4.69, 9.17) is 0 Å². The largest absolute Gasteiger partial charge is 0.308 e. The molecule has 0 bridgehead atoms. The quantitative estimate of drug-likeness (QED) is 0.798. The van der Waals surface area contributed by atoms with Crippen LogP contribution in [-0.4, -0.2) is 10.8 Å². The Kier molecular flexibility index (Phi) is 5.55. The van der Waals surface area contributed by atoms with E-state index in [0.29, 0.717) is 5.25 Å². The van der Waals surface area contributed by atoms with E-state index in [1.807, 2.05) is 11.8 Å². The number of thioether (sulfide) groups is 1. The molecule has 0 fully saturated rings. The lowest BCUT2D eigenvalue weighted by atomic mass is 10.1. The summed E-state index contributed by atoms with van der Waals surface area (Å²) in [4.78, 5) is 1.37. The molecular weight excluding hydrogens is 294 g/mol. The summed E-state index contributed by atoms with van der Waals surface area (Å²) >= 11 is 5.46. The molecule has 0 radical (unpaired) electrons. The van der Waals surface area contributed by atoms with Gasteiger partial charge in [0.2, 0.25) is 0 Å². The standard InChI is InChI=1S/C14H22BrNS/c1-10(2)17-13-8-12(15)7-6-11(13)9-16-14(3,4)5/h6-8,10,16H,9H2,1-5H3. The molecule has 0 atom stereocenters. The van der Waals surface area contributed by atoms with E-state index in [2.05, 4.69) is 74.1 Å². The summed E-state index contributed by atoms with van der Waals surface area (Å²) in [6, 6.07) is 6.53. The smallest absolute Gasteiger partial charge is 0.0221 e. The van der Waals surface area contributed by atoms with Gasteiger partial charge in [-0.05, 0) is 38.5 Å². The zero-order valence-electron chi connectivity index (χ0n) is 11.3. The van der Waals surface area contributed by atoms with Crippen molar-refractivity contribution in [2.75, 3.05) is 0 Å². The van der Waals surface area contributed by atoms with Crippen LogP contribution in [0.4, 0.5) is 0 Å². The Morgan fingerprint density at radius 3 is 2.47 bits per heavy atom. The van der Waals surface area contributed by atoms with Crippen LogP contribution in [0.1, 0.15) is 40.2 Å². The molecule has 0 amide bonds. The van der Waals surface area contributed by atoms with Crippen LogP contribution >= 0.6 is 27.7 Å². The monoisotopic (exact) mass is 315 g/mol. The second-order valence-electron chi connectivity index (χ2n) is 5.52. The van der Waals surface area contributed by atoms with Gasteiger partial charge in [0.1, 0.15) is 0 Å². The van der Waals surface area contributed by atoms with Crippen LogP contribution in [0.25, 0.3) is 0 Å². The number of rotatable bonds is 4. The fourth-order valence-corrected chi connectivity index (χ4v) is 2.91. The molecule has 1 aromatic rings. The van der Waals surface area contributed by atoms with Gasteiger partial charge in [-0.1, -0.05) is 35.8 Å². The second-order valence-corrected chi connectivity index (χ2v) is 8.06. The first kappa shape index (κ1) is 15.1. The molecule has 1 N–H and O–H groups in total. The van der Waals surface area contributed by atoms with Crippen molar-refractivity contribution >= 4 is 27.7 Å². The summed E-state index contributed by atoms with van der Waals surface area (Å²) in [5.41, 5.74) is 1.54. The zero-order valence-corrected chi connectivity index (χ0v) is 13.7. The highest BCUT2D eigenvalue weighted by atomic mass is 79.9. The maximum atomic E-state index is 3.54. The van der Waals surface area contributed by atoms with Crippen molar-refractivity contribution in [1.82, 2.24) is 5.32 Å². The maximum absolute atomic E-state index is 3.54. The summed E-state index contributed by atoms with van der Waals surface area (Å²) in [6.45, 7) is 12.0. The summed E-state index contributed by atoms with van der Waals surface area (Å²) < 4.78 is 1.15. The van der Waals surface area contributed by atoms with E-state index < -0.39 is 0 Å². The molecule has 0 aliphatic rings. The van der Waals surface area contributed by atoms with Crippen LogP contribution in [0, 0.1) is 0 Å². The average molecular weight is 316 g/mol. The fraction of sp³-hybridized carbons (Fsp3) is 0.571. The fourth-order valence-electron chi connectivity index (χ4n) is 1.40. The molecule has 0 unspecified atom stereocenters. The third kappa shape index (κ3) is 5.94. The van der Waals surface area contributed by atoms with Crippen molar-refractivity contribution in [3.05, 3.63) is 28.2 Å². The van der Waals surface area contributed by atoms with Gasteiger partial charge in [0.15, 0.2) is 0 Å². The van der Waals surface area contributed by atoms with Crippen LogP contribution in [0.5, 0.6) is 0 Å². The number of benzene rings is 1. The normalized spacial score (nSPS) is 12.2. The highest BCUT2D eigenvalue weighted by Crippen LogP contribution is 2.29. The molecule has 1 rings (SSSR count). The van der Waals surface area contributed by atoms with E-state index in [-0.39, 0.29) is 5.54 Å². The summed E-state index contributed by atoms with van der Waals surface area (Å²) in [5.74, 6) is 0. The Morgan fingerprint density at radius 1 is 1.29 bits per heavy atom. The lowest BCUT2D eigenvalue weighted by molar-refractivity contribution is 0.422. The molecular formula is C14H22BrNS. The van der Waals surface area contributed by atoms with Gasteiger partial charge in [0.25, 0.3) is 0 Å². The van der Waals surface area contributed by atoms with E-state index in [1.165, 1.54) is 10.5 Å². The lowest BCUT2D eigenvalue weighted by Gasteiger charge is -2.22. The Balaban J connectivity index is 2.82. The van der Waals surface area contributed by atoms with E-state index >= 15 is 0 Å². The number of hydrogen-bond donors (Lipinski definition) is 1. The first-order valence-corrected chi connectivity index (χ1v) is 7.65. The van der Waals surface area contributed by atoms with Gasteiger partial charge in [-0.2, -0.15) is 0 Å². The molecule has 0 saturated carbocycles. The molecule has 0 spiro atoms. The van der Waals surface area contributed by atoms with Crippen LogP contribution in [-0.2, 0) is 6.54 Å². The van der Waals surface area contributed by atoms with Crippen molar-refractivity contribution in [3.8, 4) is 0 Å². The van der Waals surface area contributed by atoms with Gasteiger partial charge in [0.05, 0.1) is 0 Å². The van der Waals surface area contributed by atoms with Gasteiger partial charge in [-0.25, -0.2) is 0 Å². The summed E-state index contributed by atoms with van der Waals surface area (Å²) in [6.07, 6.45) is 0. The summed E-state index contributed by atoms with van der Waals surface area (Å²) in [7, 11) is 0. The maximum Gasteiger partial charge on any atom is 0.0221 e. The molecule has 0 aliphatic carbocycles. The molecule has 17 heavy (non-hydrogen) atoms. The van der Waals surface area contributed by atoms with Crippen LogP contribution < -0.4 is 5.32 Å². The first-order chi connectivity index (χ1) is 7.78. The highest BCUT2D eigenvalue weighted by molar-refractivity contribution is 9.10. The third-order valence-electron chi connectivity index (χ3n) is 2.20. The van der Waals surface area contributed by atoms with E-state index in [1.54, 1.807) is 0 Å². The molecule has 0 aromatic heterocycles. The molecule has 0 saturated heterocycles. The van der Waals surface area contributed by atoms with Crippen LogP contribution in [0.2, 0.25) is 0 Å². The predicted molar refractivity (Wildman–Crippen MR) is 81.7 cm³/mol. The molecule has 96 valence electrons. The predicted octanol–water partition coefficient (Wildman–Crippen LogP) is 4.84. The van der Waals surface area contributed by atoms with Crippen molar-refractivity contribution in [1.29, 1.82) is 0 Å². The van der Waals surface area contributed by atoms with Crippen molar-refractivity contribution in [3.63, 3.8) is 0 Å².